The Morgan fingerprint density at radius 2 is 1.79 bits per heavy atom. The molecule has 1 amide bonds. The van der Waals surface area contributed by atoms with Crippen LogP contribution in [0.5, 0.6) is 17.2 Å². The van der Waals surface area contributed by atoms with Crippen molar-refractivity contribution in [2.45, 2.75) is 6.61 Å². The number of methoxy groups -OCH3 is 1. The molecule has 3 aromatic carbocycles. The summed E-state index contributed by atoms with van der Waals surface area (Å²) in [6.45, 7) is 0.332. The Morgan fingerprint density at radius 1 is 1.07 bits per heavy atom. The number of carbonyl (C=O) groups is 1. The summed E-state index contributed by atoms with van der Waals surface area (Å²) in [4.78, 5) is 12.5. The summed E-state index contributed by atoms with van der Waals surface area (Å²) in [5.41, 5.74) is 4.21. The third-order valence-electron chi connectivity index (χ3n) is 4.06. The second-order valence-electron chi connectivity index (χ2n) is 6.01. The molecule has 3 aromatic rings. The Morgan fingerprint density at radius 3 is 2.55 bits per heavy atom. The number of hydrazone groups is 1. The number of nitrogens with one attached hydrogen (secondary N) is 1. The number of rotatable bonds is 7. The van der Waals surface area contributed by atoms with Gasteiger partial charge in [0.05, 0.1) is 18.9 Å². The number of ether oxygens (including phenoxy) is 2. The van der Waals surface area contributed by atoms with Crippen molar-refractivity contribution < 1.29 is 19.4 Å². The molecule has 29 heavy (non-hydrogen) atoms. The van der Waals surface area contributed by atoms with Crippen LogP contribution in [0.25, 0.3) is 0 Å². The number of halogens is 1. The Labute approximate surface area is 176 Å². The zero-order chi connectivity index (χ0) is 20.6. The maximum atomic E-state index is 12.5. The number of hydrogen-bond acceptors (Lipinski definition) is 5. The highest BCUT2D eigenvalue weighted by Gasteiger charge is 2.12. The molecule has 0 aliphatic carbocycles. The maximum absolute atomic E-state index is 12.5. The molecule has 0 radical (unpaired) electrons. The summed E-state index contributed by atoms with van der Waals surface area (Å²) in [7, 11) is 1.46. The van der Waals surface area contributed by atoms with Gasteiger partial charge >= 0.3 is 0 Å². The number of nitrogens with zero attached hydrogens (tertiary/aromatic N) is 1. The topological polar surface area (TPSA) is 80.2 Å². The van der Waals surface area contributed by atoms with Gasteiger partial charge < -0.3 is 14.6 Å². The SMILES string of the molecule is COc1cccc(C=NNC(=O)c2ccccc2OCc2ccc(Br)cc2)c1O. The number of hydrogen-bond donors (Lipinski definition) is 2. The smallest absolute Gasteiger partial charge is 0.275 e. The number of carbonyl (C=O) groups excluding carboxylic acids is 1. The van der Waals surface area contributed by atoms with Gasteiger partial charge in [-0.2, -0.15) is 5.10 Å². The predicted octanol–water partition coefficient (Wildman–Crippen LogP) is 4.51. The quantitative estimate of drug-likeness (QED) is 0.406. The minimum atomic E-state index is -0.421. The second-order valence-corrected chi connectivity index (χ2v) is 6.92. The molecule has 0 aromatic heterocycles. The first-order chi connectivity index (χ1) is 14.1. The van der Waals surface area contributed by atoms with Crippen LogP contribution in [0, 0.1) is 0 Å². The number of phenols is 1. The van der Waals surface area contributed by atoms with Gasteiger partial charge in [0.25, 0.3) is 5.91 Å². The van der Waals surface area contributed by atoms with Crippen LogP contribution < -0.4 is 14.9 Å². The van der Waals surface area contributed by atoms with Gasteiger partial charge in [0, 0.05) is 10.0 Å². The number of amides is 1. The van der Waals surface area contributed by atoms with Crippen LogP contribution in [0.2, 0.25) is 0 Å². The largest absolute Gasteiger partial charge is 0.504 e. The zero-order valence-electron chi connectivity index (χ0n) is 15.6. The highest BCUT2D eigenvalue weighted by Crippen LogP contribution is 2.28. The van der Waals surface area contributed by atoms with Crippen molar-refractivity contribution in [1.82, 2.24) is 5.43 Å². The summed E-state index contributed by atoms with van der Waals surface area (Å²) in [5.74, 6) is 0.306. The molecule has 0 fully saturated rings. The molecule has 148 valence electrons. The van der Waals surface area contributed by atoms with Crippen molar-refractivity contribution in [3.05, 3.63) is 87.9 Å². The van der Waals surface area contributed by atoms with Gasteiger partial charge in [0.2, 0.25) is 0 Å². The van der Waals surface area contributed by atoms with E-state index < -0.39 is 5.91 Å². The average molecular weight is 455 g/mol. The molecule has 0 spiro atoms. The van der Waals surface area contributed by atoms with Crippen molar-refractivity contribution in [1.29, 1.82) is 0 Å². The van der Waals surface area contributed by atoms with E-state index in [2.05, 4.69) is 26.5 Å². The van der Waals surface area contributed by atoms with Crippen molar-refractivity contribution in [3.63, 3.8) is 0 Å². The minimum Gasteiger partial charge on any atom is -0.504 e. The van der Waals surface area contributed by atoms with Crippen LogP contribution in [0.3, 0.4) is 0 Å². The van der Waals surface area contributed by atoms with Crippen molar-refractivity contribution >= 4 is 28.1 Å². The lowest BCUT2D eigenvalue weighted by Gasteiger charge is -2.10. The van der Waals surface area contributed by atoms with E-state index in [-0.39, 0.29) is 5.75 Å². The van der Waals surface area contributed by atoms with Crippen LogP contribution >= 0.6 is 15.9 Å². The molecule has 7 heteroatoms. The first-order valence-electron chi connectivity index (χ1n) is 8.74. The summed E-state index contributed by atoms with van der Waals surface area (Å²) in [5, 5.41) is 14.0. The normalized spacial score (nSPS) is 10.7. The first-order valence-corrected chi connectivity index (χ1v) is 9.53. The van der Waals surface area contributed by atoms with Crippen LogP contribution in [0.1, 0.15) is 21.5 Å². The molecule has 0 heterocycles. The molecule has 0 saturated carbocycles. The fraction of sp³-hybridized carbons (Fsp3) is 0.0909. The lowest BCUT2D eigenvalue weighted by molar-refractivity contribution is 0.0950. The van der Waals surface area contributed by atoms with Crippen LogP contribution in [-0.2, 0) is 6.61 Å². The monoisotopic (exact) mass is 454 g/mol. The molecule has 0 aliphatic heterocycles. The van der Waals surface area contributed by atoms with Gasteiger partial charge in [-0.05, 0) is 42.0 Å². The molecular formula is C22H19BrN2O4. The fourth-order valence-electron chi connectivity index (χ4n) is 2.55. The van der Waals surface area contributed by atoms with E-state index in [0.717, 1.165) is 10.0 Å². The molecule has 0 unspecified atom stereocenters. The van der Waals surface area contributed by atoms with Gasteiger partial charge in [-0.3, -0.25) is 4.79 Å². The van der Waals surface area contributed by atoms with Crippen molar-refractivity contribution in [3.8, 4) is 17.2 Å². The van der Waals surface area contributed by atoms with Crippen LogP contribution in [0.4, 0.5) is 0 Å². The van der Waals surface area contributed by atoms with Gasteiger partial charge in [-0.15, -0.1) is 0 Å². The Bertz CT molecular complexity index is 1020. The zero-order valence-corrected chi connectivity index (χ0v) is 17.2. The van der Waals surface area contributed by atoms with E-state index in [0.29, 0.717) is 29.2 Å². The molecule has 0 saturated heterocycles. The number of benzene rings is 3. The van der Waals surface area contributed by atoms with Gasteiger partial charge in [0.15, 0.2) is 11.5 Å². The average Bonchev–Trinajstić information content (AvgIpc) is 2.74. The number of aromatic hydroxyl groups is 1. The molecule has 0 aliphatic rings. The van der Waals surface area contributed by atoms with E-state index in [1.165, 1.54) is 13.3 Å². The van der Waals surface area contributed by atoms with Crippen LogP contribution in [0.15, 0.2) is 76.3 Å². The van der Waals surface area contributed by atoms with Gasteiger partial charge in [-0.25, -0.2) is 5.43 Å². The molecular weight excluding hydrogens is 436 g/mol. The highest BCUT2D eigenvalue weighted by molar-refractivity contribution is 9.10. The lowest BCUT2D eigenvalue weighted by Crippen LogP contribution is -2.18. The number of para-hydroxylation sites is 2. The fourth-order valence-corrected chi connectivity index (χ4v) is 2.82. The third kappa shape index (κ3) is 5.36. The first kappa shape index (κ1) is 20.4. The lowest BCUT2D eigenvalue weighted by atomic mass is 10.2. The van der Waals surface area contributed by atoms with E-state index in [4.69, 9.17) is 9.47 Å². The Kier molecular flexibility index (Phi) is 6.86. The molecule has 3 rings (SSSR count). The van der Waals surface area contributed by atoms with Gasteiger partial charge in [0.1, 0.15) is 12.4 Å². The molecule has 2 N–H and O–H groups in total. The molecule has 0 bridgehead atoms. The van der Waals surface area contributed by atoms with E-state index in [1.54, 1.807) is 42.5 Å². The van der Waals surface area contributed by atoms with Crippen molar-refractivity contribution in [2.75, 3.05) is 7.11 Å². The van der Waals surface area contributed by atoms with E-state index in [9.17, 15) is 9.90 Å². The van der Waals surface area contributed by atoms with E-state index >= 15 is 0 Å². The third-order valence-corrected chi connectivity index (χ3v) is 4.59. The predicted molar refractivity (Wildman–Crippen MR) is 115 cm³/mol. The summed E-state index contributed by atoms with van der Waals surface area (Å²) in [6.07, 6.45) is 1.35. The number of phenolic OH excluding ortho intramolecular Hbond substituents is 1. The highest BCUT2D eigenvalue weighted by atomic mass is 79.9. The minimum absolute atomic E-state index is 0.0498. The maximum Gasteiger partial charge on any atom is 0.275 e. The summed E-state index contributed by atoms with van der Waals surface area (Å²) in [6, 6.07) is 19.7. The molecule has 0 atom stereocenters. The van der Waals surface area contributed by atoms with Crippen molar-refractivity contribution in [2.24, 2.45) is 5.10 Å². The standard InChI is InChI=1S/C22H19BrN2O4/c1-28-20-8-4-5-16(21(20)26)13-24-25-22(27)18-6-2-3-7-19(18)29-14-15-9-11-17(23)12-10-15/h2-13,26H,14H2,1H3,(H,25,27). The second kappa shape index (κ2) is 9.75. The Balaban J connectivity index is 1.67. The summed E-state index contributed by atoms with van der Waals surface area (Å²) < 4.78 is 11.9. The van der Waals surface area contributed by atoms with E-state index in [1.807, 2.05) is 24.3 Å². The molecule has 6 nitrogen and oxygen atoms in total. The van der Waals surface area contributed by atoms with Crippen LogP contribution in [-0.4, -0.2) is 24.3 Å². The van der Waals surface area contributed by atoms with Gasteiger partial charge in [-0.1, -0.05) is 46.3 Å². The summed E-state index contributed by atoms with van der Waals surface area (Å²) >= 11 is 3.40. The Hall–Kier alpha value is -3.32.